The summed E-state index contributed by atoms with van der Waals surface area (Å²) in [5, 5.41) is 7.01. The highest BCUT2D eigenvalue weighted by molar-refractivity contribution is 5.85. The maximum absolute atomic E-state index is 5.17. The van der Waals surface area contributed by atoms with Gasteiger partial charge in [-0.3, -0.25) is 0 Å². The van der Waals surface area contributed by atoms with Gasteiger partial charge in [0, 0.05) is 13.1 Å². The van der Waals surface area contributed by atoms with Gasteiger partial charge in [0.2, 0.25) is 0 Å². The number of hydrogen-bond acceptors (Lipinski definition) is 4. The van der Waals surface area contributed by atoms with Crippen LogP contribution < -0.4 is 20.1 Å². The van der Waals surface area contributed by atoms with E-state index in [2.05, 4.69) is 34.9 Å². The molecule has 2 aromatic rings. The van der Waals surface area contributed by atoms with Crippen LogP contribution in [-0.4, -0.2) is 27.3 Å². The molecule has 2 aromatic carbocycles. The molecule has 0 heterocycles. The molecule has 0 amide bonds. The molecule has 0 bridgehead atoms. The fourth-order valence-corrected chi connectivity index (χ4v) is 2.81. The lowest BCUT2D eigenvalue weighted by molar-refractivity contribution is 0.414. The predicted molar refractivity (Wildman–Crippen MR) is 115 cm³/mol. The Morgan fingerprint density at radius 2 is 0.963 bits per heavy atom. The molecule has 2 rings (SSSR count). The summed E-state index contributed by atoms with van der Waals surface area (Å²) in [6.07, 6.45) is 5.02. The van der Waals surface area contributed by atoms with Crippen LogP contribution in [0.1, 0.15) is 36.8 Å². The van der Waals surface area contributed by atoms with Gasteiger partial charge >= 0.3 is 0 Å². The van der Waals surface area contributed by atoms with E-state index in [4.69, 9.17) is 9.47 Å². The molecule has 0 aliphatic rings. The van der Waals surface area contributed by atoms with E-state index in [-0.39, 0.29) is 12.4 Å². The number of hydrogen-bond donors (Lipinski definition) is 2. The Bertz CT molecular complexity index is 547. The van der Waals surface area contributed by atoms with Crippen LogP contribution in [0.2, 0.25) is 0 Å². The Morgan fingerprint density at radius 3 is 1.30 bits per heavy atom. The van der Waals surface area contributed by atoms with Crippen LogP contribution in [0.5, 0.6) is 11.5 Å². The molecule has 0 saturated heterocycles. The third-order valence-corrected chi connectivity index (χ3v) is 4.43. The van der Waals surface area contributed by atoms with Crippen LogP contribution in [0.4, 0.5) is 0 Å². The summed E-state index contributed by atoms with van der Waals surface area (Å²) in [6, 6.07) is 16.5. The Kier molecular flexibility index (Phi) is 12.4. The van der Waals surface area contributed by atoms with Crippen LogP contribution in [0.15, 0.2) is 48.5 Å². The molecule has 150 valence electrons. The molecule has 0 radical (unpaired) electrons. The molecule has 0 aliphatic heterocycles. The average Bonchev–Trinajstić information content (AvgIpc) is 2.70. The van der Waals surface area contributed by atoms with Gasteiger partial charge in [-0.1, -0.05) is 37.1 Å². The van der Waals surface area contributed by atoms with Crippen molar-refractivity contribution >= 4 is 12.4 Å². The van der Waals surface area contributed by atoms with Crippen LogP contribution in [0.25, 0.3) is 0 Å². The molecule has 0 aromatic heterocycles. The van der Waals surface area contributed by atoms with Crippen molar-refractivity contribution < 1.29 is 9.47 Å². The molecule has 2 N–H and O–H groups in total. The van der Waals surface area contributed by atoms with E-state index < -0.39 is 0 Å². The minimum Gasteiger partial charge on any atom is -0.497 e. The van der Waals surface area contributed by atoms with Gasteiger partial charge in [0.15, 0.2) is 0 Å². The average molecular weight is 393 g/mol. The molecule has 5 heteroatoms. The van der Waals surface area contributed by atoms with Crippen molar-refractivity contribution in [3.63, 3.8) is 0 Å². The fourth-order valence-electron chi connectivity index (χ4n) is 2.81. The number of rotatable bonds is 13. The first-order chi connectivity index (χ1) is 12.8. The van der Waals surface area contributed by atoms with Gasteiger partial charge in [0.25, 0.3) is 0 Å². The highest BCUT2D eigenvalue weighted by Gasteiger charge is 1.96. The maximum Gasteiger partial charge on any atom is 0.118 e. The second-order valence-corrected chi connectivity index (χ2v) is 6.46. The van der Waals surface area contributed by atoms with Gasteiger partial charge in [0.05, 0.1) is 14.2 Å². The first-order valence-electron chi connectivity index (χ1n) is 9.49. The molecular weight excluding hydrogens is 360 g/mol. The third-order valence-electron chi connectivity index (χ3n) is 4.43. The Morgan fingerprint density at radius 1 is 0.593 bits per heavy atom. The molecule has 0 fully saturated rings. The highest BCUT2D eigenvalue weighted by Crippen LogP contribution is 2.12. The van der Waals surface area contributed by atoms with Crippen LogP contribution in [-0.2, 0) is 13.1 Å². The minimum atomic E-state index is 0. The van der Waals surface area contributed by atoms with E-state index in [1.807, 2.05) is 24.3 Å². The lowest BCUT2D eigenvalue weighted by atomic mass is 10.1. The summed E-state index contributed by atoms with van der Waals surface area (Å²) in [5.74, 6) is 1.82. The molecule has 0 spiro atoms. The van der Waals surface area contributed by atoms with Crippen molar-refractivity contribution in [2.24, 2.45) is 0 Å². The molecule has 0 saturated carbocycles. The Labute approximate surface area is 170 Å². The third kappa shape index (κ3) is 9.66. The molecule has 27 heavy (non-hydrogen) atoms. The summed E-state index contributed by atoms with van der Waals surface area (Å²) in [6.45, 7) is 4.00. The maximum atomic E-state index is 5.17. The smallest absolute Gasteiger partial charge is 0.118 e. The molecule has 0 unspecified atom stereocenters. The number of unbranched alkanes of at least 4 members (excludes halogenated alkanes) is 3. The number of ether oxygens (including phenoxy) is 2. The monoisotopic (exact) mass is 392 g/mol. The molecule has 0 atom stereocenters. The van der Waals surface area contributed by atoms with E-state index in [1.165, 1.54) is 36.8 Å². The van der Waals surface area contributed by atoms with Crippen LogP contribution >= 0.6 is 12.4 Å². The number of nitrogens with one attached hydrogen (secondary N) is 2. The van der Waals surface area contributed by atoms with E-state index in [0.29, 0.717) is 0 Å². The predicted octanol–water partition coefficient (Wildman–Crippen LogP) is 4.57. The standard InChI is InChI=1S/C22H32N2O2.ClH/c1-25-21-11-7-19(8-12-21)17-23-15-5-3-4-6-16-24-18-20-9-13-22(26-2)14-10-20;/h7-14,23-24H,3-6,15-18H2,1-2H3;1H. The summed E-state index contributed by atoms with van der Waals surface area (Å²) in [4.78, 5) is 0. The van der Waals surface area contributed by atoms with Crippen molar-refractivity contribution in [3.8, 4) is 11.5 Å². The molecule has 0 aliphatic carbocycles. The Balaban J connectivity index is 0.00000364. The summed E-state index contributed by atoms with van der Waals surface area (Å²) >= 11 is 0. The zero-order chi connectivity index (χ0) is 18.5. The minimum absolute atomic E-state index is 0. The van der Waals surface area contributed by atoms with Crippen molar-refractivity contribution in [2.45, 2.75) is 38.8 Å². The number of halogens is 1. The molecule has 4 nitrogen and oxygen atoms in total. The molecular formula is C22H33ClN2O2. The lowest BCUT2D eigenvalue weighted by Gasteiger charge is -2.07. The van der Waals surface area contributed by atoms with Crippen LogP contribution in [0.3, 0.4) is 0 Å². The van der Waals surface area contributed by atoms with Crippen molar-refractivity contribution in [3.05, 3.63) is 59.7 Å². The van der Waals surface area contributed by atoms with Gasteiger partial charge in [-0.05, 0) is 61.3 Å². The SMILES string of the molecule is COc1ccc(CNCCCCCCNCc2ccc(OC)cc2)cc1.Cl. The largest absolute Gasteiger partial charge is 0.497 e. The first kappa shape index (κ1) is 23.3. The van der Waals surface area contributed by atoms with Crippen molar-refractivity contribution in [1.29, 1.82) is 0 Å². The van der Waals surface area contributed by atoms with Gasteiger partial charge in [0.1, 0.15) is 11.5 Å². The van der Waals surface area contributed by atoms with Crippen molar-refractivity contribution in [1.82, 2.24) is 10.6 Å². The second kappa shape index (κ2) is 14.3. The van der Waals surface area contributed by atoms with Gasteiger partial charge < -0.3 is 20.1 Å². The normalized spacial score (nSPS) is 10.3. The zero-order valence-corrected chi connectivity index (χ0v) is 17.3. The number of methoxy groups -OCH3 is 2. The quantitative estimate of drug-likeness (QED) is 0.490. The summed E-state index contributed by atoms with van der Waals surface area (Å²) in [7, 11) is 3.39. The van der Waals surface area contributed by atoms with E-state index in [0.717, 1.165) is 37.7 Å². The Hall–Kier alpha value is -1.75. The first-order valence-corrected chi connectivity index (χ1v) is 9.49. The van der Waals surface area contributed by atoms with E-state index in [9.17, 15) is 0 Å². The van der Waals surface area contributed by atoms with Gasteiger partial charge in [-0.2, -0.15) is 0 Å². The van der Waals surface area contributed by atoms with Gasteiger partial charge in [-0.25, -0.2) is 0 Å². The van der Waals surface area contributed by atoms with E-state index >= 15 is 0 Å². The summed E-state index contributed by atoms with van der Waals surface area (Å²) < 4.78 is 10.3. The van der Waals surface area contributed by atoms with Crippen molar-refractivity contribution in [2.75, 3.05) is 27.3 Å². The second-order valence-electron chi connectivity index (χ2n) is 6.46. The topological polar surface area (TPSA) is 42.5 Å². The van der Waals surface area contributed by atoms with Gasteiger partial charge in [-0.15, -0.1) is 12.4 Å². The van der Waals surface area contributed by atoms with E-state index in [1.54, 1.807) is 14.2 Å². The fraction of sp³-hybridized carbons (Fsp3) is 0.455. The zero-order valence-electron chi connectivity index (χ0n) is 16.5. The number of benzene rings is 2. The lowest BCUT2D eigenvalue weighted by Crippen LogP contribution is -2.16. The summed E-state index contributed by atoms with van der Waals surface area (Å²) in [5.41, 5.74) is 2.60. The highest BCUT2D eigenvalue weighted by atomic mass is 35.5. The van der Waals surface area contributed by atoms with Crippen LogP contribution in [0, 0.1) is 0 Å².